The maximum absolute atomic E-state index is 5.57. The highest BCUT2D eigenvalue weighted by atomic mass is 32.1. The van der Waals surface area contributed by atoms with E-state index in [-0.39, 0.29) is 0 Å². The van der Waals surface area contributed by atoms with Crippen LogP contribution in [0.3, 0.4) is 0 Å². The number of hydrogen-bond acceptors (Lipinski definition) is 2. The number of rotatable bonds is 5. The molecule has 0 aromatic heterocycles. The van der Waals surface area contributed by atoms with Crippen LogP contribution in [-0.2, 0) is 0 Å². The minimum absolute atomic E-state index is 0.307. The average Bonchev–Trinajstić information content (AvgIpc) is 2.02. The van der Waals surface area contributed by atoms with Gasteiger partial charge in [-0.25, -0.2) is 0 Å². The molecule has 0 aliphatic carbocycles. The third kappa shape index (κ3) is 4.58. The van der Waals surface area contributed by atoms with E-state index in [1.807, 2.05) is 0 Å². The van der Waals surface area contributed by atoms with Gasteiger partial charge in [0, 0.05) is 18.5 Å². The second kappa shape index (κ2) is 5.55. The maximum atomic E-state index is 5.57. The molecule has 0 aliphatic heterocycles. The molecule has 0 fully saturated rings. The van der Waals surface area contributed by atoms with Crippen molar-refractivity contribution in [1.29, 1.82) is 0 Å². The standard InChI is InChI=1S/C10H22N2S/c1-7(2)9(4)12(5)6-8(3)10(11)13/h7-9H,6H2,1-5H3,(H2,11,13). The van der Waals surface area contributed by atoms with Crippen LogP contribution in [0.25, 0.3) is 0 Å². The zero-order valence-electron chi connectivity index (χ0n) is 9.37. The molecule has 0 aromatic rings. The third-order valence-corrected chi connectivity index (χ3v) is 3.11. The first-order valence-electron chi connectivity index (χ1n) is 4.85. The van der Waals surface area contributed by atoms with Crippen molar-refractivity contribution in [3.63, 3.8) is 0 Å². The minimum atomic E-state index is 0.307. The van der Waals surface area contributed by atoms with Crippen molar-refractivity contribution in [2.75, 3.05) is 13.6 Å². The lowest BCUT2D eigenvalue weighted by Crippen LogP contribution is -2.39. The van der Waals surface area contributed by atoms with Crippen LogP contribution in [0.15, 0.2) is 0 Å². The Labute approximate surface area is 87.5 Å². The highest BCUT2D eigenvalue weighted by Gasteiger charge is 2.16. The van der Waals surface area contributed by atoms with E-state index in [4.69, 9.17) is 18.0 Å². The number of nitrogens with zero attached hydrogens (tertiary/aromatic N) is 1. The molecule has 0 bridgehead atoms. The Balaban J connectivity index is 3.99. The largest absolute Gasteiger partial charge is 0.393 e. The molecule has 2 unspecified atom stereocenters. The summed E-state index contributed by atoms with van der Waals surface area (Å²) in [4.78, 5) is 2.93. The van der Waals surface area contributed by atoms with Crippen LogP contribution in [0, 0.1) is 11.8 Å². The SMILES string of the molecule is CC(CN(C)C(C)C(C)C)C(N)=S. The van der Waals surface area contributed by atoms with E-state index in [1.54, 1.807) is 0 Å². The molecule has 78 valence electrons. The Hall–Kier alpha value is -0.150. The van der Waals surface area contributed by atoms with Crippen LogP contribution in [0.5, 0.6) is 0 Å². The lowest BCUT2D eigenvalue weighted by molar-refractivity contribution is 0.198. The molecule has 0 heterocycles. The van der Waals surface area contributed by atoms with Gasteiger partial charge in [0.25, 0.3) is 0 Å². The van der Waals surface area contributed by atoms with E-state index in [2.05, 4.69) is 39.6 Å². The van der Waals surface area contributed by atoms with Crippen molar-refractivity contribution < 1.29 is 0 Å². The fraction of sp³-hybridized carbons (Fsp3) is 0.900. The van der Waals surface area contributed by atoms with Gasteiger partial charge in [-0.2, -0.15) is 0 Å². The van der Waals surface area contributed by atoms with Crippen molar-refractivity contribution in [2.45, 2.75) is 33.7 Å². The molecule has 2 nitrogen and oxygen atoms in total. The predicted octanol–water partition coefficient (Wildman–Crippen LogP) is 1.88. The van der Waals surface area contributed by atoms with E-state index in [1.165, 1.54) is 0 Å². The maximum Gasteiger partial charge on any atom is 0.0768 e. The van der Waals surface area contributed by atoms with Crippen LogP contribution < -0.4 is 5.73 Å². The van der Waals surface area contributed by atoms with Crippen molar-refractivity contribution >= 4 is 17.2 Å². The fourth-order valence-electron chi connectivity index (χ4n) is 1.20. The molecule has 3 heteroatoms. The van der Waals surface area contributed by atoms with Crippen molar-refractivity contribution in [3.8, 4) is 0 Å². The summed E-state index contributed by atoms with van der Waals surface area (Å²) < 4.78 is 0. The predicted molar refractivity (Wildman–Crippen MR) is 62.9 cm³/mol. The van der Waals surface area contributed by atoms with Crippen LogP contribution in [0.2, 0.25) is 0 Å². The van der Waals surface area contributed by atoms with Gasteiger partial charge in [-0.1, -0.05) is 33.0 Å². The van der Waals surface area contributed by atoms with Crippen LogP contribution in [0.1, 0.15) is 27.7 Å². The first-order chi connectivity index (χ1) is 5.86. The lowest BCUT2D eigenvalue weighted by atomic mass is 10.0. The Morgan fingerprint density at radius 2 is 1.77 bits per heavy atom. The molecule has 2 N–H and O–H groups in total. The number of thiocarbonyl (C=S) groups is 1. The molecule has 2 atom stereocenters. The van der Waals surface area contributed by atoms with Gasteiger partial charge >= 0.3 is 0 Å². The lowest BCUT2D eigenvalue weighted by Gasteiger charge is -2.29. The molecule has 0 amide bonds. The number of hydrogen-bond donors (Lipinski definition) is 1. The zero-order chi connectivity index (χ0) is 10.6. The molecular formula is C10H22N2S. The summed E-state index contributed by atoms with van der Waals surface area (Å²) in [5.74, 6) is 0.977. The van der Waals surface area contributed by atoms with Crippen molar-refractivity contribution in [3.05, 3.63) is 0 Å². The molecular weight excluding hydrogens is 180 g/mol. The Kier molecular flexibility index (Phi) is 5.49. The summed E-state index contributed by atoms with van der Waals surface area (Å²) in [7, 11) is 2.12. The van der Waals surface area contributed by atoms with Crippen LogP contribution in [-0.4, -0.2) is 29.5 Å². The summed E-state index contributed by atoms with van der Waals surface area (Å²) in [5.41, 5.74) is 5.57. The first kappa shape index (κ1) is 12.8. The molecule has 0 aliphatic rings. The Morgan fingerprint density at radius 3 is 2.08 bits per heavy atom. The Morgan fingerprint density at radius 1 is 1.31 bits per heavy atom. The van der Waals surface area contributed by atoms with Gasteiger partial charge in [-0.05, 0) is 19.9 Å². The van der Waals surface area contributed by atoms with Gasteiger partial charge in [0.1, 0.15) is 0 Å². The molecule has 0 saturated heterocycles. The first-order valence-corrected chi connectivity index (χ1v) is 5.26. The summed E-state index contributed by atoms with van der Waals surface area (Å²) >= 11 is 4.94. The summed E-state index contributed by atoms with van der Waals surface area (Å²) in [6.07, 6.45) is 0. The van der Waals surface area contributed by atoms with E-state index in [0.717, 1.165) is 6.54 Å². The summed E-state index contributed by atoms with van der Waals surface area (Å²) in [6, 6.07) is 0.580. The van der Waals surface area contributed by atoms with Gasteiger partial charge < -0.3 is 10.6 Å². The normalized spacial score (nSPS) is 16.2. The molecule has 0 rings (SSSR count). The van der Waals surface area contributed by atoms with Gasteiger partial charge in [0.05, 0.1) is 4.99 Å². The summed E-state index contributed by atoms with van der Waals surface area (Å²) in [6.45, 7) is 9.72. The van der Waals surface area contributed by atoms with Gasteiger partial charge in [0.2, 0.25) is 0 Å². The van der Waals surface area contributed by atoms with Crippen LogP contribution >= 0.6 is 12.2 Å². The molecule has 0 aromatic carbocycles. The Bertz CT molecular complexity index is 168. The van der Waals surface area contributed by atoms with E-state index in [9.17, 15) is 0 Å². The topological polar surface area (TPSA) is 29.3 Å². The minimum Gasteiger partial charge on any atom is -0.393 e. The second-order valence-electron chi connectivity index (χ2n) is 4.23. The van der Waals surface area contributed by atoms with Crippen molar-refractivity contribution in [2.24, 2.45) is 17.6 Å². The molecule has 0 saturated carbocycles. The fourth-order valence-corrected chi connectivity index (χ4v) is 1.27. The quantitative estimate of drug-likeness (QED) is 0.690. The van der Waals surface area contributed by atoms with Gasteiger partial charge in [-0.15, -0.1) is 0 Å². The van der Waals surface area contributed by atoms with E-state index >= 15 is 0 Å². The van der Waals surface area contributed by atoms with E-state index in [0.29, 0.717) is 22.9 Å². The number of nitrogens with two attached hydrogens (primary N) is 1. The second-order valence-corrected chi connectivity index (χ2v) is 4.70. The molecule has 13 heavy (non-hydrogen) atoms. The smallest absolute Gasteiger partial charge is 0.0768 e. The average molecular weight is 202 g/mol. The van der Waals surface area contributed by atoms with Crippen molar-refractivity contribution in [1.82, 2.24) is 4.90 Å². The molecule has 0 spiro atoms. The van der Waals surface area contributed by atoms with Crippen LogP contribution in [0.4, 0.5) is 0 Å². The monoisotopic (exact) mass is 202 g/mol. The highest BCUT2D eigenvalue weighted by molar-refractivity contribution is 7.80. The molecule has 0 radical (unpaired) electrons. The van der Waals surface area contributed by atoms with Gasteiger partial charge in [0.15, 0.2) is 0 Å². The zero-order valence-corrected chi connectivity index (χ0v) is 10.2. The summed E-state index contributed by atoms with van der Waals surface area (Å²) in [5, 5.41) is 0. The van der Waals surface area contributed by atoms with Gasteiger partial charge in [-0.3, -0.25) is 0 Å². The highest BCUT2D eigenvalue weighted by Crippen LogP contribution is 2.10. The van der Waals surface area contributed by atoms with E-state index < -0.39 is 0 Å². The third-order valence-electron chi connectivity index (χ3n) is 2.71.